The molecule has 1 aliphatic rings. The number of nitrogens with one attached hydrogen (secondary N) is 1. The molecule has 0 heterocycles. The summed E-state index contributed by atoms with van der Waals surface area (Å²) in [6.07, 6.45) is 7.06. The topological polar surface area (TPSA) is 38.0 Å². The van der Waals surface area contributed by atoms with Crippen LogP contribution in [-0.2, 0) is 6.42 Å². The molecule has 1 fully saturated rings. The summed E-state index contributed by atoms with van der Waals surface area (Å²) in [4.78, 5) is 0. The van der Waals surface area contributed by atoms with Crippen molar-refractivity contribution < 1.29 is 4.39 Å². The lowest BCUT2D eigenvalue weighted by Gasteiger charge is -2.29. The van der Waals surface area contributed by atoms with Crippen LogP contribution < -0.4 is 11.3 Å². The highest BCUT2D eigenvalue weighted by molar-refractivity contribution is 6.30. The summed E-state index contributed by atoms with van der Waals surface area (Å²) in [7, 11) is 0. The lowest BCUT2D eigenvalue weighted by molar-refractivity contribution is 0.268. The summed E-state index contributed by atoms with van der Waals surface area (Å²) in [5, 5.41) is 0.175. The molecule has 1 aromatic carbocycles. The molecule has 1 atom stereocenters. The molecule has 4 heteroatoms. The van der Waals surface area contributed by atoms with Gasteiger partial charge >= 0.3 is 0 Å². The molecule has 0 bridgehead atoms. The Morgan fingerprint density at radius 3 is 2.67 bits per heavy atom. The molecule has 2 rings (SSSR count). The van der Waals surface area contributed by atoms with Crippen LogP contribution in [0.1, 0.15) is 37.7 Å². The number of nitrogens with two attached hydrogens (primary N) is 1. The summed E-state index contributed by atoms with van der Waals surface area (Å²) in [6.45, 7) is 0. The predicted molar refractivity (Wildman–Crippen MR) is 72.8 cm³/mol. The maximum absolute atomic E-state index is 13.4. The molecular formula is C14H20ClFN2. The molecular weight excluding hydrogens is 251 g/mol. The minimum Gasteiger partial charge on any atom is -0.271 e. The summed E-state index contributed by atoms with van der Waals surface area (Å²) in [5.41, 5.74) is 3.85. The van der Waals surface area contributed by atoms with Gasteiger partial charge in [-0.1, -0.05) is 36.9 Å². The van der Waals surface area contributed by atoms with E-state index in [-0.39, 0.29) is 16.9 Å². The third-order valence-electron chi connectivity index (χ3n) is 3.87. The van der Waals surface area contributed by atoms with Crippen molar-refractivity contribution in [3.8, 4) is 0 Å². The van der Waals surface area contributed by atoms with E-state index in [1.165, 1.54) is 38.2 Å². The van der Waals surface area contributed by atoms with E-state index in [1.54, 1.807) is 6.07 Å². The van der Waals surface area contributed by atoms with Gasteiger partial charge in [-0.25, -0.2) is 4.39 Å². The molecule has 1 aliphatic carbocycles. The quantitative estimate of drug-likeness (QED) is 0.650. The number of halogens is 2. The van der Waals surface area contributed by atoms with Gasteiger partial charge in [-0.05, 0) is 42.9 Å². The molecule has 0 aromatic heterocycles. The summed E-state index contributed by atoms with van der Waals surface area (Å²) in [5.74, 6) is 5.90. The average molecular weight is 271 g/mol. The molecule has 1 unspecified atom stereocenters. The minimum atomic E-state index is -0.353. The molecule has 0 saturated heterocycles. The Morgan fingerprint density at radius 2 is 2.06 bits per heavy atom. The lowest BCUT2D eigenvalue weighted by Crippen LogP contribution is -2.43. The van der Waals surface area contributed by atoms with E-state index in [0.29, 0.717) is 5.92 Å². The second kappa shape index (κ2) is 6.50. The Labute approximate surface area is 113 Å². The minimum absolute atomic E-state index is 0.175. The van der Waals surface area contributed by atoms with Crippen LogP contribution in [0, 0.1) is 11.7 Å². The van der Waals surface area contributed by atoms with Gasteiger partial charge < -0.3 is 0 Å². The summed E-state index contributed by atoms with van der Waals surface area (Å²) in [6, 6.07) is 5.22. The van der Waals surface area contributed by atoms with Crippen molar-refractivity contribution in [2.75, 3.05) is 0 Å². The van der Waals surface area contributed by atoms with Crippen LogP contribution >= 0.6 is 11.6 Å². The van der Waals surface area contributed by atoms with E-state index in [0.717, 1.165) is 12.0 Å². The first-order valence-corrected chi connectivity index (χ1v) is 6.98. The highest BCUT2D eigenvalue weighted by Crippen LogP contribution is 2.28. The zero-order valence-corrected chi connectivity index (χ0v) is 11.2. The normalized spacial score (nSPS) is 18.8. The van der Waals surface area contributed by atoms with Crippen LogP contribution in [0.3, 0.4) is 0 Å². The monoisotopic (exact) mass is 270 g/mol. The van der Waals surface area contributed by atoms with Crippen molar-refractivity contribution in [3.63, 3.8) is 0 Å². The number of hydrazine groups is 1. The van der Waals surface area contributed by atoms with Gasteiger partial charge in [0.1, 0.15) is 5.82 Å². The van der Waals surface area contributed by atoms with Crippen LogP contribution in [0.15, 0.2) is 18.2 Å². The maximum atomic E-state index is 13.4. The van der Waals surface area contributed by atoms with Crippen molar-refractivity contribution in [1.29, 1.82) is 0 Å². The summed E-state index contributed by atoms with van der Waals surface area (Å²) >= 11 is 5.68. The molecule has 1 saturated carbocycles. The Kier molecular flexibility index (Phi) is 4.98. The number of rotatable bonds is 4. The van der Waals surface area contributed by atoms with E-state index in [2.05, 4.69) is 5.43 Å². The molecule has 18 heavy (non-hydrogen) atoms. The first-order valence-electron chi connectivity index (χ1n) is 6.60. The van der Waals surface area contributed by atoms with E-state index >= 15 is 0 Å². The molecule has 0 radical (unpaired) electrons. The SMILES string of the molecule is NNC(Cc1ccc(Cl)c(F)c1)C1CCCCC1. The van der Waals surface area contributed by atoms with Gasteiger partial charge in [-0.2, -0.15) is 0 Å². The van der Waals surface area contributed by atoms with Gasteiger partial charge in [0.2, 0.25) is 0 Å². The fourth-order valence-electron chi connectivity index (χ4n) is 2.82. The van der Waals surface area contributed by atoms with Gasteiger partial charge in [0.15, 0.2) is 0 Å². The fraction of sp³-hybridized carbons (Fsp3) is 0.571. The molecule has 2 nitrogen and oxygen atoms in total. The molecule has 1 aromatic rings. The molecule has 0 aliphatic heterocycles. The average Bonchev–Trinajstić information content (AvgIpc) is 2.41. The highest BCUT2D eigenvalue weighted by atomic mass is 35.5. The zero-order chi connectivity index (χ0) is 13.0. The van der Waals surface area contributed by atoms with Crippen molar-refractivity contribution in [2.24, 2.45) is 11.8 Å². The van der Waals surface area contributed by atoms with Crippen LogP contribution in [0.5, 0.6) is 0 Å². The van der Waals surface area contributed by atoms with E-state index in [4.69, 9.17) is 17.4 Å². The van der Waals surface area contributed by atoms with E-state index < -0.39 is 0 Å². The Balaban J connectivity index is 2.02. The maximum Gasteiger partial charge on any atom is 0.142 e. The lowest BCUT2D eigenvalue weighted by atomic mass is 9.82. The fourth-order valence-corrected chi connectivity index (χ4v) is 2.94. The Hall–Kier alpha value is -0.640. The highest BCUT2D eigenvalue weighted by Gasteiger charge is 2.23. The second-order valence-electron chi connectivity index (χ2n) is 5.12. The number of benzene rings is 1. The van der Waals surface area contributed by atoms with Gasteiger partial charge in [-0.3, -0.25) is 11.3 Å². The number of hydrogen-bond donors (Lipinski definition) is 2. The van der Waals surface area contributed by atoms with Crippen molar-refractivity contribution in [1.82, 2.24) is 5.43 Å². The standard InChI is InChI=1S/C14H20ClFN2/c15-12-7-6-10(8-13(12)16)9-14(18-17)11-4-2-1-3-5-11/h6-8,11,14,18H,1-5,9,17H2. The molecule has 0 spiro atoms. The molecule has 3 N–H and O–H groups in total. The molecule has 0 amide bonds. The van der Waals surface area contributed by atoms with Crippen LogP contribution in [0.2, 0.25) is 5.02 Å². The van der Waals surface area contributed by atoms with Crippen molar-refractivity contribution >= 4 is 11.6 Å². The van der Waals surface area contributed by atoms with Crippen LogP contribution in [-0.4, -0.2) is 6.04 Å². The first-order chi connectivity index (χ1) is 8.70. The van der Waals surface area contributed by atoms with Crippen molar-refractivity contribution in [2.45, 2.75) is 44.6 Å². The third kappa shape index (κ3) is 3.44. The number of hydrogen-bond acceptors (Lipinski definition) is 2. The van der Waals surface area contributed by atoms with Crippen LogP contribution in [0.25, 0.3) is 0 Å². The van der Waals surface area contributed by atoms with Crippen molar-refractivity contribution in [3.05, 3.63) is 34.6 Å². The third-order valence-corrected chi connectivity index (χ3v) is 4.18. The Morgan fingerprint density at radius 1 is 1.33 bits per heavy atom. The van der Waals surface area contributed by atoms with E-state index in [9.17, 15) is 4.39 Å². The smallest absolute Gasteiger partial charge is 0.142 e. The van der Waals surface area contributed by atoms with Gasteiger partial charge in [-0.15, -0.1) is 0 Å². The second-order valence-corrected chi connectivity index (χ2v) is 5.53. The van der Waals surface area contributed by atoms with E-state index in [1.807, 2.05) is 6.07 Å². The van der Waals surface area contributed by atoms with Gasteiger partial charge in [0, 0.05) is 6.04 Å². The first kappa shape index (κ1) is 13.8. The largest absolute Gasteiger partial charge is 0.271 e. The van der Waals surface area contributed by atoms with Gasteiger partial charge in [0.25, 0.3) is 0 Å². The molecule has 100 valence electrons. The van der Waals surface area contributed by atoms with Crippen LogP contribution in [0.4, 0.5) is 4.39 Å². The zero-order valence-electron chi connectivity index (χ0n) is 10.5. The Bertz CT molecular complexity index is 391. The summed E-state index contributed by atoms with van der Waals surface area (Å²) < 4.78 is 13.4. The predicted octanol–water partition coefficient (Wildman–Crippen LogP) is 3.43. The van der Waals surface area contributed by atoms with Gasteiger partial charge in [0.05, 0.1) is 5.02 Å².